The number of hydrogen-bond donors (Lipinski definition) is 1. The lowest BCUT2D eigenvalue weighted by Crippen LogP contribution is -2.21. The lowest BCUT2D eigenvalue weighted by Gasteiger charge is -2.09. The fraction of sp³-hybridized carbons (Fsp3) is 0.444. The largest absolute Gasteiger partial charge is 0.369 e. The molecular formula is C9H13N3O3S. The van der Waals surface area contributed by atoms with Gasteiger partial charge in [0.25, 0.3) is 5.69 Å². The van der Waals surface area contributed by atoms with E-state index >= 15 is 0 Å². The zero-order valence-electron chi connectivity index (χ0n) is 9.04. The van der Waals surface area contributed by atoms with E-state index in [2.05, 4.69) is 10.3 Å². The van der Waals surface area contributed by atoms with E-state index in [4.69, 9.17) is 0 Å². The minimum absolute atomic E-state index is 0.0111. The molecule has 1 rings (SSSR count). The van der Waals surface area contributed by atoms with Crippen LogP contribution < -0.4 is 5.32 Å². The van der Waals surface area contributed by atoms with Crippen LogP contribution in [0.3, 0.4) is 0 Å². The van der Waals surface area contributed by atoms with Crippen molar-refractivity contribution in [2.75, 3.05) is 18.1 Å². The lowest BCUT2D eigenvalue weighted by atomic mass is 10.4. The summed E-state index contributed by atoms with van der Waals surface area (Å²) < 4.78 is 11.1. The summed E-state index contributed by atoms with van der Waals surface area (Å²) >= 11 is 0. The second-order valence-corrected chi connectivity index (χ2v) is 5.15. The monoisotopic (exact) mass is 243 g/mol. The molecule has 0 radical (unpaired) electrons. The Labute approximate surface area is 95.7 Å². The number of hydrogen-bond acceptors (Lipinski definition) is 5. The molecule has 0 saturated carbocycles. The van der Waals surface area contributed by atoms with Crippen LogP contribution in [0.5, 0.6) is 0 Å². The summed E-state index contributed by atoms with van der Waals surface area (Å²) in [4.78, 5) is 13.8. The molecule has 6 nitrogen and oxygen atoms in total. The van der Waals surface area contributed by atoms with Gasteiger partial charge >= 0.3 is 0 Å². The van der Waals surface area contributed by atoms with E-state index in [0.29, 0.717) is 12.4 Å². The lowest BCUT2D eigenvalue weighted by molar-refractivity contribution is -0.385. The van der Waals surface area contributed by atoms with Crippen molar-refractivity contribution in [3.05, 3.63) is 28.4 Å². The zero-order valence-corrected chi connectivity index (χ0v) is 9.86. The molecular weight excluding hydrogens is 230 g/mol. The number of nitro groups is 1. The average Bonchev–Trinajstić information content (AvgIpc) is 2.26. The van der Waals surface area contributed by atoms with Gasteiger partial charge in [-0.25, -0.2) is 4.98 Å². The smallest absolute Gasteiger partial charge is 0.287 e. The van der Waals surface area contributed by atoms with Gasteiger partial charge in [0.15, 0.2) is 0 Å². The molecule has 88 valence electrons. The molecule has 2 atom stereocenters. The highest BCUT2D eigenvalue weighted by molar-refractivity contribution is 7.84. The predicted octanol–water partition coefficient (Wildman–Crippen LogP) is 1.17. The molecule has 0 saturated heterocycles. The molecule has 0 aromatic carbocycles. The van der Waals surface area contributed by atoms with E-state index in [1.54, 1.807) is 6.26 Å². The predicted molar refractivity (Wildman–Crippen MR) is 62.9 cm³/mol. The van der Waals surface area contributed by atoms with E-state index in [1.165, 1.54) is 18.3 Å². The first-order valence-electron chi connectivity index (χ1n) is 4.67. The van der Waals surface area contributed by atoms with Crippen LogP contribution in [0.15, 0.2) is 18.3 Å². The highest BCUT2D eigenvalue weighted by Gasteiger charge is 2.07. The van der Waals surface area contributed by atoms with Crippen molar-refractivity contribution in [2.24, 2.45) is 0 Å². The topological polar surface area (TPSA) is 85.1 Å². The summed E-state index contributed by atoms with van der Waals surface area (Å²) in [5, 5.41) is 13.3. The fourth-order valence-corrected chi connectivity index (χ4v) is 1.28. The van der Waals surface area contributed by atoms with E-state index < -0.39 is 15.7 Å². The van der Waals surface area contributed by atoms with Crippen molar-refractivity contribution < 1.29 is 9.13 Å². The van der Waals surface area contributed by atoms with Crippen LogP contribution in [-0.2, 0) is 10.8 Å². The number of pyridine rings is 1. The average molecular weight is 243 g/mol. The standard InChI is InChI=1S/C9H13N3O3S/c1-7(16(2)15)5-10-9-4-3-8(6-11-9)12(13)14/h3-4,6-7H,5H2,1-2H3,(H,10,11). The molecule has 1 aromatic rings. The molecule has 2 unspecified atom stereocenters. The van der Waals surface area contributed by atoms with Crippen molar-refractivity contribution in [1.82, 2.24) is 4.98 Å². The Morgan fingerprint density at radius 3 is 2.75 bits per heavy atom. The molecule has 0 fully saturated rings. The Hall–Kier alpha value is -1.50. The number of anilines is 1. The molecule has 16 heavy (non-hydrogen) atoms. The molecule has 0 aliphatic heterocycles. The van der Waals surface area contributed by atoms with Crippen LogP contribution in [0.25, 0.3) is 0 Å². The minimum Gasteiger partial charge on any atom is -0.369 e. The molecule has 1 heterocycles. The Morgan fingerprint density at radius 2 is 2.31 bits per heavy atom. The van der Waals surface area contributed by atoms with Gasteiger partial charge in [-0.3, -0.25) is 14.3 Å². The van der Waals surface area contributed by atoms with Gasteiger partial charge in [0.1, 0.15) is 12.0 Å². The zero-order chi connectivity index (χ0) is 12.1. The molecule has 0 amide bonds. The molecule has 0 aliphatic rings. The van der Waals surface area contributed by atoms with Gasteiger partial charge in [0.2, 0.25) is 0 Å². The second-order valence-electron chi connectivity index (χ2n) is 3.35. The van der Waals surface area contributed by atoms with Gasteiger partial charge in [-0.1, -0.05) is 0 Å². The van der Waals surface area contributed by atoms with E-state index in [0.717, 1.165) is 0 Å². The number of nitrogens with one attached hydrogen (secondary N) is 1. The summed E-state index contributed by atoms with van der Waals surface area (Å²) in [5.74, 6) is 0.544. The highest BCUT2D eigenvalue weighted by Crippen LogP contribution is 2.11. The number of aromatic nitrogens is 1. The van der Waals surface area contributed by atoms with Gasteiger partial charge in [-0.05, 0) is 13.0 Å². The first-order chi connectivity index (χ1) is 7.50. The molecule has 0 aliphatic carbocycles. The summed E-state index contributed by atoms with van der Waals surface area (Å²) in [7, 11) is -0.894. The maximum absolute atomic E-state index is 11.1. The maximum atomic E-state index is 11.1. The fourth-order valence-electron chi connectivity index (χ4n) is 0.964. The summed E-state index contributed by atoms with van der Waals surface area (Å²) in [6, 6.07) is 2.91. The van der Waals surface area contributed by atoms with E-state index in [1.807, 2.05) is 6.92 Å². The normalized spacial score (nSPS) is 14.1. The summed E-state index contributed by atoms with van der Waals surface area (Å²) in [6.45, 7) is 2.38. The molecule has 1 N–H and O–H groups in total. The Morgan fingerprint density at radius 1 is 1.62 bits per heavy atom. The first kappa shape index (κ1) is 12.6. The van der Waals surface area contributed by atoms with E-state index in [9.17, 15) is 14.3 Å². The van der Waals surface area contributed by atoms with Crippen molar-refractivity contribution in [2.45, 2.75) is 12.2 Å². The van der Waals surface area contributed by atoms with Crippen molar-refractivity contribution in [3.8, 4) is 0 Å². The first-order valence-corrected chi connectivity index (χ1v) is 6.29. The second kappa shape index (κ2) is 5.55. The number of nitrogens with zero attached hydrogens (tertiary/aromatic N) is 2. The third kappa shape index (κ3) is 3.58. The van der Waals surface area contributed by atoms with Gasteiger partial charge in [0.05, 0.1) is 4.92 Å². The third-order valence-electron chi connectivity index (χ3n) is 2.10. The van der Waals surface area contributed by atoms with Crippen molar-refractivity contribution in [1.29, 1.82) is 0 Å². The van der Waals surface area contributed by atoms with Crippen LogP contribution in [0.1, 0.15) is 6.92 Å². The molecule has 7 heteroatoms. The SMILES string of the molecule is CC(CNc1ccc([N+](=O)[O-])cn1)S(C)=O. The Balaban J connectivity index is 2.56. The summed E-state index contributed by atoms with van der Waals surface area (Å²) in [5.41, 5.74) is -0.0438. The minimum atomic E-state index is -0.894. The van der Waals surface area contributed by atoms with Crippen LogP contribution in [0.4, 0.5) is 11.5 Å². The van der Waals surface area contributed by atoms with Crippen molar-refractivity contribution >= 4 is 22.3 Å². The molecule has 1 aromatic heterocycles. The Kier molecular flexibility index (Phi) is 4.36. The van der Waals surface area contributed by atoms with Crippen LogP contribution in [0, 0.1) is 10.1 Å². The summed E-state index contributed by atoms with van der Waals surface area (Å²) in [6.07, 6.45) is 2.82. The van der Waals surface area contributed by atoms with Gasteiger partial charge in [-0.15, -0.1) is 0 Å². The van der Waals surface area contributed by atoms with Crippen LogP contribution in [0.2, 0.25) is 0 Å². The Bertz CT molecular complexity index is 393. The maximum Gasteiger partial charge on any atom is 0.287 e. The molecule has 0 spiro atoms. The van der Waals surface area contributed by atoms with E-state index in [-0.39, 0.29) is 10.9 Å². The third-order valence-corrected chi connectivity index (χ3v) is 3.40. The van der Waals surface area contributed by atoms with Gasteiger partial charge in [-0.2, -0.15) is 0 Å². The van der Waals surface area contributed by atoms with Gasteiger partial charge in [0, 0.05) is 34.9 Å². The van der Waals surface area contributed by atoms with Crippen LogP contribution in [-0.4, -0.2) is 32.2 Å². The van der Waals surface area contributed by atoms with Crippen molar-refractivity contribution in [3.63, 3.8) is 0 Å². The molecule has 0 bridgehead atoms. The van der Waals surface area contributed by atoms with Gasteiger partial charge < -0.3 is 5.32 Å². The van der Waals surface area contributed by atoms with Crippen LogP contribution >= 0.6 is 0 Å². The quantitative estimate of drug-likeness (QED) is 0.619. The highest BCUT2D eigenvalue weighted by atomic mass is 32.2. The number of rotatable bonds is 5.